The van der Waals surface area contributed by atoms with Crippen molar-refractivity contribution in [2.24, 2.45) is 5.92 Å². The maximum atomic E-state index is 7.06. The van der Waals surface area contributed by atoms with Gasteiger partial charge in [-0.15, -0.1) is 0 Å². The fraction of sp³-hybridized carbons (Fsp3) is 0.778. The highest BCUT2D eigenvalue weighted by Gasteiger charge is 2.32. The molecule has 2 atom stereocenters. The Hall–Kier alpha value is -0.340. The van der Waals surface area contributed by atoms with Gasteiger partial charge in [0.15, 0.2) is 0 Å². The summed E-state index contributed by atoms with van der Waals surface area (Å²) in [6.45, 7) is 2.97. The highest BCUT2D eigenvalue weighted by atomic mass is 15.2. The van der Waals surface area contributed by atoms with E-state index in [-0.39, 0.29) is 0 Å². The third-order valence-electron chi connectivity index (χ3n) is 2.71. The highest BCUT2D eigenvalue weighted by molar-refractivity contribution is 5.12. The molecule has 2 bridgehead atoms. The van der Waals surface area contributed by atoms with E-state index in [1.165, 1.54) is 13.0 Å². The van der Waals surface area contributed by atoms with E-state index in [1.807, 2.05) is 0 Å². The smallest absolute Gasteiger partial charge is 0.0284 e. The molecule has 2 nitrogen and oxygen atoms in total. The SMILES string of the molecule is [NH]CCCN1CC2C=CC1C2. The van der Waals surface area contributed by atoms with E-state index in [4.69, 9.17) is 5.73 Å². The molecule has 61 valence electrons. The van der Waals surface area contributed by atoms with Crippen molar-refractivity contribution in [3.63, 3.8) is 0 Å². The first-order chi connectivity index (χ1) is 5.40. The van der Waals surface area contributed by atoms with Crippen molar-refractivity contribution in [1.29, 1.82) is 0 Å². The van der Waals surface area contributed by atoms with E-state index in [9.17, 15) is 0 Å². The van der Waals surface area contributed by atoms with Gasteiger partial charge in [0, 0.05) is 25.7 Å². The second kappa shape index (κ2) is 2.95. The summed E-state index contributed by atoms with van der Waals surface area (Å²) >= 11 is 0. The van der Waals surface area contributed by atoms with Gasteiger partial charge in [0.25, 0.3) is 0 Å². The van der Waals surface area contributed by atoms with Crippen molar-refractivity contribution < 1.29 is 0 Å². The maximum Gasteiger partial charge on any atom is 0.0284 e. The van der Waals surface area contributed by atoms with Gasteiger partial charge < -0.3 is 0 Å². The minimum Gasteiger partial charge on any atom is -0.296 e. The zero-order valence-corrected chi connectivity index (χ0v) is 6.79. The predicted molar refractivity (Wildman–Crippen MR) is 45.2 cm³/mol. The van der Waals surface area contributed by atoms with Crippen LogP contribution < -0.4 is 5.73 Å². The van der Waals surface area contributed by atoms with Crippen molar-refractivity contribution in [2.75, 3.05) is 19.6 Å². The Morgan fingerprint density at radius 3 is 2.91 bits per heavy atom. The summed E-state index contributed by atoms with van der Waals surface area (Å²) in [5, 5.41) is 0. The number of hydrogen-bond donors (Lipinski definition) is 0. The molecule has 1 fully saturated rings. The topological polar surface area (TPSA) is 27.0 Å². The third-order valence-corrected chi connectivity index (χ3v) is 2.71. The van der Waals surface area contributed by atoms with Gasteiger partial charge in [-0.05, 0) is 18.8 Å². The van der Waals surface area contributed by atoms with Crippen molar-refractivity contribution in [3.8, 4) is 0 Å². The van der Waals surface area contributed by atoms with Crippen LogP contribution in [0.25, 0.3) is 0 Å². The zero-order valence-electron chi connectivity index (χ0n) is 6.79. The molecular weight excluding hydrogens is 136 g/mol. The number of rotatable bonds is 3. The van der Waals surface area contributed by atoms with Crippen LogP contribution in [-0.4, -0.2) is 30.6 Å². The highest BCUT2D eigenvalue weighted by Crippen LogP contribution is 2.30. The second-order valence-electron chi connectivity index (χ2n) is 3.55. The first-order valence-electron chi connectivity index (χ1n) is 4.47. The Bertz CT molecular complexity index is 165. The van der Waals surface area contributed by atoms with Crippen LogP contribution in [0.5, 0.6) is 0 Å². The quantitative estimate of drug-likeness (QED) is 0.551. The number of likely N-dealkylation sites (tertiary alicyclic amines) is 1. The van der Waals surface area contributed by atoms with Gasteiger partial charge in [-0.25, -0.2) is 0 Å². The average Bonchev–Trinajstić information content (AvgIpc) is 2.60. The van der Waals surface area contributed by atoms with Crippen LogP contribution in [0.15, 0.2) is 12.2 Å². The molecule has 1 heterocycles. The van der Waals surface area contributed by atoms with Crippen LogP contribution in [0, 0.1) is 5.92 Å². The fourth-order valence-corrected chi connectivity index (χ4v) is 2.13. The Balaban J connectivity index is 1.84. The second-order valence-corrected chi connectivity index (χ2v) is 3.55. The number of fused-ring (bicyclic) bond motifs is 2. The van der Waals surface area contributed by atoms with E-state index in [1.54, 1.807) is 0 Å². The van der Waals surface area contributed by atoms with E-state index in [0.29, 0.717) is 6.54 Å². The molecule has 1 saturated heterocycles. The normalized spacial score (nSPS) is 35.4. The Morgan fingerprint density at radius 1 is 1.45 bits per heavy atom. The van der Waals surface area contributed by atoms with Crippen LogP contribution >= 0.6 is 0 Å². The number of nitrogens with one attached hydrogen (secondary N) is 1. The molecule has 1 aliphatic carbocycles. The number of nitrogens with zero attached hydrogens (tertiary/aromatic N) is 1. The van der Waals surface area contributed by atoms with Gasteiger partial charge in [0.05, 0.1) is 0 Å². The van der Waals surface area contributed by atoms with Gasteiger partial charge in [0.2, 0.25) is 0 Å². The van der Waals surface area contributed by atoms with Crippen LogP contribution in [0.4, 0.5) is 0 Å². The van der Waals surface area contributed by atoms with Gasteiger partial charge in [-0.3, -0.25) is 10.6 Å². The molecular formula is C9H15N2. The lowest BCUT2D eigenvalue weighted by atomic mass is 10.2. The van der Waals surface area contributed by atoms with E-state index >= 15 is 0 Å². The summed E-state index contributed by atoms with van der Waals surface area (Å²) in [6.07, 6.45) is 7.06. The molecule has 2 rings (SSSR count). The zero-order chi connectivity index (χ0) is 7.68. The monoisotopic (exact) mass is 151 g/mol. The molecule has 1 N–H and O–H groups in total. The van der Waals surface area contributed by atoms with Gasteiger partial charge in [-0.2, -0.15) is 0 Å². The van der Waals surface area contributed by atoms with Crippen molar-refractivity contribution in [2.45, 2.75) is 18.9 Å². The Morgan fingerprint density at radius 2 is 2.36 bits per heavy atom. The molecule has 0 aromatic carbocycles. The summed E-state index contributed by atoms with van der Waals surface area (Å²) < 4.78 is 0. The average molecular weight is 151 g/mol. The molecule has 0 aromatic rings. The molecule has 1 aliphatic heterocycles. The first-order valence-corrected chi connectivity index (χ1v) is 4.47. The number of hydrogen-bond acceptors (Lipinski definition) is 1. The summed E-state index contributed by atoms with van der Waals surface area (Å²) in [5.74, 6) is 0.839. The van der Waals surface area contributed by atoms with Gasteiger partial charge >= 0.3 is 0 Å². The van der Waals surface area contributed by atoms with E-state index in [2.05, 4.69) is 17.1 Å². The lowest BCUT2D eigenvalue weighted by Crippen LogP contribution is -2.31. The molecule has 0 amide bonds. The first kappa shape index (κ1) is 7.32. The molecule has 2 aliphatic rings. The van der Waals surface area contributed by atoms with Crippen molar-refractivity contribution >= 4 is 0 Å². The van der Waals surface area contributed by atoms with Crippen molar-refractivity contribution in [1.82, 2.24) is 10.6 Å². The molecule has 0 aromatic heterocycles. The van der Waals surface area contributed by atoms with E-state index < -0.39 is 0 Å². The molecule has 11 heavy (non-hydrogen) atoms. The van der Waals surface area contributed by atoms with Crippen LogP contribution in [0.1, 0.15) is 12.8 Å². The predicted octanol–water partition coefficient (Wildman–Crippen LogP) is 0.920. The van der Waals surface area contributed by atoms with Crippen LogP contribution in [0.3, 0.4) is 0 Å². The summed E-state index contributed by atoms with van der Waals surface area (Å²) in [5.41, 5.74) is 7.06. The van der Waals surface area contributed by atoms with Gasteiger partial charge in [-0.1, -0.05) is 12.2 Å². The minimum atomic E-state index is 0.581. The van der Waals surface area contributed by atoms with Gasteiger partial charge in [0.1, 0.15) is 0 Å². The molecule has 1 radical (unpaired) electrons. The van der Waals surface area contributed by atoms with Crippen molar-refractivity contribution in [3.05, 3.63) is 12.2 Å². The third kappa shape index (κ3) is 1.33. The Kier molecular flexibility index (Phi) is 1.96. The Labute approximate surface area is 68.1 Å². The maximum absolute atomic E-state index is 7.06. The standard InChI is InChI=1S/C9H15N2/c10-4-1-5-11-7-8-2-3-9(11)6-8/h2-3,8-10H,1,4-7H2. The largest absolute Gasteiger partial charge is 0.296 e. The van der Waals surface area contributed by atoms with Crippen LogP contribution in [0.2, 0.25) is 0 Å². The molecule has 2 unspecified atom stereocenters. The summed E-state index contributed by atoms with van der Waals surface area (Å²) in [4.78, 5) is 2.51. The minimum absolute atomic E-state index is 0.581. The molecule has 2 heteroatoms. The fourth-order valence-electron chi connectivity index (χ4n) is 2.13. The molecule has 0 spiro atoms. The van der Waals surface area contributed by atoms with Crippen LogP contribution in [-0.2, 0) is 0 Å². The summed E-state index contributed by atoms with van der Waals surface area (Å²) in [6, 6.07) is 0.728. The lowest BCUT2D eigenvalue weighted by molar-refractivity contribution is 0.277. The van der Waals surface area contributed by atoms with E-state index in [0.717, 1.165) is 24.9 Å². The molecule has 0 saturated carbocycles. The lowest BCUT2D eigenvalue weighted by Gasteiger charge is -2.22. The summed E-state index contributed by atoms with van der Waals surface area (Å²) in [7, 11) is 0.